The van der Waals surface area contributed by atoms with Crippen molar-refractivity contribution in [2.45, 2.75) is 50.1 Å². The maximum Gasteiger partial charge on any atom is 0.242 e. The predicted octanol–water partition coefficient (Wildman–Crippen LogP) is 3.77. The number of nitrogens with one attached hydrogen (secondary N) is 2. The molecular formula is C22H23ClFN5O3S. The Bertz CT molecular complexity index is 1280. The zero-order chi connectivity index (χ0) is 23.6. The molecule has 2 N–H and O–H groups in total. The van der Waals surface area contributed by atoms with Gasteiger partial charge >= 0.3 is 0 Å². The van der Waals surface area contributed by atoms with Crippen LogP contribution >= 0.6 is 11.6 Å². The SMILES string of the molecule is C[C@H](NS(=O)(=O)c1ccc(Cl)cc1)C(=O)Nc1cc(-c2nnc3n2CCCCC3)ccc1F. The van der Waals surface area contributed by atoms with Crippen molar-refractivity contribution < 1.29 is 17.6 Å². The Morgan fingerprint density at radius 3 is 2.64 bits per heavy atom. The number of benzene rings is 2. The van der Waals surface area contributed by atoms with Gasteiger partial charge < -0.3 is 9.88 Å². The van der Waals surface area contributed by atoms with Gasteiger partial charge in [-0.2, -0.15) is 4.72 Å². The van der Waals surface area contributed by atoms with Crippen LogP contribution in [0.3, 0.4) is 0 Å². The summed E-state index contributed by atoms with van der Waals surface area (Å²) in [6.45, 7) is 2.16. The summed E-state index contributed by atoms with van der Waals surface area (Å²) >= 11 is 5.80. The van der Waals surface area contributed by atoms with E-state index in [1.54, 1.807) is 6.07 Å². The van der Waals surface area contributed by atoms with Crippen LogP contribution in [-0.2, 0) is 27.8 Å². The van der Waals surface area contributed by atoms with E-state index < -0.39 is 27.8 Å². The number of hydrogen-bond acceptors (Lipinski definition) is 5. The van der Waals surface area contributed by atoms with E-state index in [1.807, 2.05) is 4.57 Å². The fourth-order valence-electron chi connectivity index (χ4n) is 3.67. The zero-order valence-electron chi connectivity index (χ0n) is 17.9. The van der Waals surface area contributed by atoms with Crippen LogP contribution in [0.4, 0.5) is 10.1 Å². The number of rotatable bonds is 6. The van der Waals surface area contributed by atoms with Crippen LogP contribution in [0.15, 0.2) is 47.4 Å². The average molecular weight is 492 g/mol. The molecule has 0 fully saturated rings. The number of sulfonamides is 1. The van der Waals surface area contributed by atoms with Crippen LogP contribution in [0.1, 0.15) is 32.0 Å². The molecule has 33 heavy (non-hydrogen) atoms. The van der Waals surface area contributed by atoms with Crippen LogP contribution < -0.4 is 10.0 Å². The number of aromatic nitrogens is 3. The summed E-state index contributed by atoms with van der Waals surface area (Å²) in [5.74, 6) is 0.153. The average Bonchev–Trinajstić information content (AvgIpc) is 3.03. The molecule has 0 saturated heterocycles. The van der Waals surface area contributed by atoms with E-state index in [0.29, 0.717) is 16.4 Å². The van der Waals surface area contributed by atoms with Crippen molar-refractivity contribution in [3.8, 4) is 11.4 Å². The lowest BCUT2D eigenvalue weighted by molar-refractivity contribution is -0.117. The molecule has 2 aromatic carbocycles. The van der Waals surface area contributed by atoms with Crippen molar-refractivity contribution >= 4 is 33.2 Å². The molecule has 1 aliphatic rings. The minimum atomic E-state index is -3.97. The Balaban J connectivity index is 1.51. The second-order valence-corrected chi connectivity index (χ2v) is 10.0. The van der Waals surface area contributed by atoms with Gasteiger partial charge in [-0.15, -0.1) is 10.2 Å². The second kappa shape index (κ2) is 9.58. The van der Waals surface area contributed by atoms with E-state index in [9.17, 15) is 17.6 Å². The van der Waals surface area contributed by atoms with E-state index >= 15 is 0 Å². The van der Waals surface area contributed by atoms with Gasteiger partial charge in [0.05, 0.1) is 16.6 Å². The first-order valence-corrected chi connectivity index (χ1v) is 12.4. The van der Waals surface area contributed by atoms with Gasteiger partial charge in [0.1, 0.15) is 11.6 Å². The summed E-state index contributed by atoms with van der Waals surface area (Å²) in [6, 6.07) is 8.69. The number of amides is 1. The predicted molar refractivity (Wildman–Crippen MR) is 123 cm³/mol. The third-order valence-corrected chi connectivity index (χ3v) is 7.25. The van der Waals surface area contributed by atoms with E-state index in [2.05, 4.69) is 20.2 Å². The zero-order valence-corrected chi connectivity index (χ0v) is 19.5. The minimum absolute atomic E-state index is 0.0350. The van der Waals surface area contributed by atoms with Crippen LogP contribution in [0.5, 0.6) is 0 Å². The summed E-state index contributed by atoms with van der Waals surface area (Å²) in [4.78, 5) is 12.6. The van der Waals surface area contributed by atoms with E-state index in [-0.39, 0.29) is 10.6 Å². The Hall–Kier alpha value is -2.82. The first kappa shape index (κ1) is 23.3. The normalized spacial score (nSPS) is 14.9. The third-order valence-electron chi connectivity index (χ3n) is 5.44. The summed E-state index contributed by atoms with van der Waals surface area (Å²) in [5.41, 5.74) is 0.544. The van der Waals surface area contributed by atoms with Crippen LogP contribution in [0.2, 0.25) is 5.02 Å². The molecule has 1 atom stereocenters. The van der Waals surface area contributed by atoms with Gasteiger partial charge in [0, 0.05) is 23.6 Å². The standard InChI is InChI=1S/C22H23ClFN5O3S/c1-14(28-33(31,32)17-9-7-16(23)8-10-17)22(30)25-19-13-15(6-11-18(19)24)21-27-26-20-5-3-2-4-12-29(20)21/h6-11,13-14,28H,2-5,12H2,1H3,(H,25,30)/t14-/m0/s1. The lowest BCUT2D eigenvalue weighted by Gasteiger charge is -2.15. The van der Waals surface area contributed by atoms with Gasteiger partial charge in [-0.05, 0) is 62.2 Å². The topological polar surface area (TPSA) is 106 Å². The summed E-state index contributed by atoms with van der Waals surface area (Å²) in [5, 5.41) is 11.4. The first-order valence-electron chi connectivity index (χ1n) is 10.6. The molecule has 4 rings (SSSR count). The lowest BCUT2D eigenvalue weighted by atomic mass is 10.1. The number of nitrogens with zero attached hydrogens (tertiary/aromatic N) is 3. The van der Waals surface area contributed by atoms with Crippen molar-refractivity contribution in [1.29, 1.82) is 0 Å². The molecule has 174 valence electrons. The third kappa shape index (κ3) is 5.23. The Morgan fingerprint density at radius 2 is 1.88 bits per heavy atom. The maximum absolute atomic E-state index is 14.5. The van der Waals surface area contributed by atoms with Gasteiger partial charge in [-0.3, -0.25) is 4.79 Å². The van der Waals surface area contributed by atoms with Gasteiger partial charge in [-0.25, -0.2) is 12.8 Å². The monoisotopic (exact) mass is 491 g/mol. The molecular weight excluding hydrogens is 469 g/mol. The van der Waals surface area contributed by atoms with E-state index in [1.165, 1.54) is 43.3 Å². The largest absolute Gasteiger partial charge is 0.322 e. The molecule has 1 aliphatic heterocycles. The molecule has 0 bridgehead atoms. The number of halogens is 2. The van der Waals surface area contributed by atoms with Crippen molar-refractivity contribution in [3.05, 3.63) is 59.1 Å². The fraction of sp³-hybridized carbons (Fsp3) is 0.318. The number of aryl methyl sites for hydroxylation is 1. The molecule has 11 heteroatoms. The molecule has 3 aromatic rings. The summed E-state index contributed by atoms with van der Waals surface area (Å²) < 4.78 is 43.8. The van der Waals surface area contributed by atoms with Crippen LogP contribution in [0.25, 0.3) is 11.4 Å². The van der Waals surface area contributed by atoms with Gasteiger partial charge in [0.2, 0.25) is 15.9 Å². The highest BCUT2D eigenvalue weighted by atomic mass is 35.5. The number of carbonyl (C=O) groups is 1. The molecule has 0 aliphatic carbocycles. The fourth-order valence-corrected chi connectivity index (χ4v) is 5.00. The summed E-state index contributed by atoms with van der Waals surface area (Å²) in [7, 11) is -3.97. The van der Waals surface area contributed by atoms with Crippen LogP contribution in [-0.4, -0.2) is 35.1 Å². The molecule has 2 heterocycles. The molecule has 1 amide bonds. The number of carbonyl (C=O) groups excluding carboxylic acids is 1. The molecule has 0 radical (unpaired) electrons. The molecule has 0 unspecified atom stereocenters. The van der Waals surface area contributed by atoms with Crippen molar-refractivity contribution in [2.24, 2.45) is 0 Å². The molecule has 0 saturated carbocycles. The van der Waals surface area contributed by atoms with Gasteiger partial charge in [0.25, 0.3) is 0 Å². The highest BCUT2D eigenvalue weighted by Gasteiger charge is 2.23. The van der Waals surface area contributed by atoms with Gasteiger partial charge in [-0.1, -0.05) is 18.0 Å². The maximum atomic E-state index is 14.5. The first-order chi connectivity index (χ1) is 15.7. The molecule has 0 spiro atoms. The van der Waals surface area contributed by atoms with Gasteiger partial charge in [0.15, 0.2) is 5.82 Å². The van der Waals surface area contributed by atoms with E-state index in [0.717, 1.165) is 38.1 Å². The smallest absolute Gasteiger partial charge is 0.242 e. The molecule has 8 nitrogen and oxygen atoms in total. The summed E-state index contributed by atoms with van der Waals surface area (Å²) in [6.07, 6.45) is 4.00. The van der Waals surface area contributed by atoms with Crippen molar-refractivity contribution in [3.63, 3.8) is 0 Å². The highest BCUT2D eigenvalue weighted by Crippen LogP contribution is 2.27. The second-order valence-electron chi connectivity index (χ2n) is 7.88. The van der Waals surface area contributed by atoms with E-state index in [4.69, 9.17) is 11.6 Å². The lowest BCUT2D eigenvalue weighted by Crippen LogP contribution is -2.41. The van der Waals surface area contributed by atoms with Crippen molar-refractivity contribution in [1.82, 2.24) is 19.5 Å². The van der Waals surface area contributed by atoms with Crippen molar-refractivity contribution in [2.75, 3.05) is 5.32 Å². The Labute approximate surface area is 196 Å². The number of hydrogen-bond donors (Lipinski definition) is 2. The minimum Gasteiger partial charge on any atom is -0.322 e. The molecule has 1 aromatic heterocycles. The number of anilines is 1. The Kier molecular flexibility index (Phi) is 6.78. The highest BCUT2D eigenvalue weighted by molar-refractivity contribution is 7.89. The Morgan fingerprint density at radius 1 is 1.12 bits per heavy atom. The quantitative estimate of drug-likeness (QED) is 0.546. The number of fused-ring (bicyclic) bond motifs is 1. The van der Waals surface area contributed by atoms with Crippen LogP contribution in [0, 0.1) is 5.82 Å².